The molecule has 0 N–H and O–H groups in total. The van der Waals surface area contributed by atoms with Crippen LogP contribution < -0.4 is 0 Å². The van der Waals surface area contributed by atoms with Gasteiger partial charge in [0.05, 0.1) is 13.2 Å². The van der Waals surface area contributed by atoms with Crippen LogP contribution in [0.1, 0.15) is 42.4 Å². The lowest BCUT2D eigenvalue weighted by Crippen LogP contribution is -2.08. The molecule has 0 fully saturated rings. The Kier molecular flexibility index (Phi) is 7.40. The number of carbonyl (C=O) groups is 1. The van der Waals surface area contributed by atoms with Gasteiger partial charge in [-0.3, -0.25) is 9.67 Å². The molecule has 2 aromatic heterocycles. The third kappa shape index (κ3) is 5.33. The maximum atomic E-state index is 12.4. The van der Waals surface area contributed by atoms with E-state index in [1.165, 1.54) is 16.9 Å². The quantitative estimate of drug-likeness (QED) is 0.708. The zero-order valence-electron chi connectivity index (χ0n) is 13.4. The molecule has 2 rings (SSSR count). The number of ether oxygens (including phenoxy) is 1. The minimum atomic E-state index is -4.47. The molecule has 0 bridgehead atoms. The molecule has 9 heteroatoms. The summed E-state index contributed by atoms with van der Waals surface area (Å²) in [5, 5.41) is 4.06. The molecule has 0 radical (unpaired) electrons. The predicted octanol–water partition coefficient (Wildman–Crippen LogP) is 4.31. The molecule has 0 unspecified atom stereocenters. The van der Waals surface area contributed by atoms with Crippen LogP contribution in [-0.4, -0.2) is 27.3 Å². The maximum absolute atomic E-state index is 12.4. The van der Waals surface area contributed by atoms with Crippen LogP contribution >= 0.6 is 15.9 Å². The Balaban J connectivity index is 0.00000139. The van der Waals surface area contributed by atoms with Crippen molar-refractivity contribution in [1.29, 1.82) is 0 Å². The average molecular weight is 408 g/mol. The number of alkyl halides is 3. The van der Waals surface area contributed by atoms with E-state index in [0.717, 1.165) is 12.3 Å². The summed E-state index contributed by atoms with van der Waals surface area (Å²) in [5.41, 5.74) is -0.176. The highest BCUT2D eigenvalue weighted by molar-refractivity contribution is 9.10. The second kappa shape index (κ2) is 8.81. The van der Waals surface area contributed by atoms with Crippen LogP contribution in [0.4, 0.5) is 13.2 Å². The number of aromatic nitrogens is 3. The highest BCUT2D eigenvalue weighted by atomic mass is 79.9. The summed E-state index contributed by atoms with van der Waals surface area (Å²) in [4.78, 5) is 15.0. The van der Waals surface area contributed by atoms with Gasteiger partial charge in [0.2, 0.25) is 0 Å². The van der Waals surface area contributed by atoms with Gasteiger partial charge in [0.1, 0.15) is 15.9 Å². The summed E-state index contributed by atoms with van der Waals surface area (Å²) >= 11 is 3.14. The second-order valence-electron chi connectivity index (χ2n) is 4.30. The molecule has 2 aromatic rings. The predicted molar refractivity (Wildman–Crippen MR) is 85.6 cm³/mol. The summed E-state index contributed by atoms with van der Waals surface area (Å²) in [6, 6.07) is 2.22. The molecule has 5 nitrogen and oxygen atoms in total. The lowest BCUT2D eigenvalue weighted by atomic mass is 10.2. The Morgan fingerprint density at radius 2 is 2.00 bits per heavy atom. The van der Waals surface area contributed by atoms with Crippen LogP contribution in [0, 0.1) is 0 Å². The first-order valence-electron chi connectivity index (χ1n) is 7.23. The number of pyridine rings is 1. The molecule has 0 aliphatic carbocycles. The van der Waals surface area contributed by atoms with E-state index < -0.39 is 17.8 Å². The Morgan fingerprint density at radius 1 is 1.33 bits per heavy atom. The number of rotatable bonds is 4. The molecule has 0 aliphatic rings. The first-order valence-corrected chi connectivity index (χ1v) is 8.02. The molecule has 24 heavy (non-hydrogen) atoms. The lowest BCUT2D eigenvalue weighted by molar-refractivity contribution is -0.141. The molecular weight excluding hydrogens is 391 g/mol. The van der Waals surface area contributed by atoms with Crippen LogP contribution in [0.15, 0.2) is 29.1 Å². The third-order valence-corrected chi connectivity index (χ3v) is 3.26. The summed E-state index contributed by atoms with van der Waals surface area (Å²) in [5.74, 6) is -0.522. The van der Waals surface area contributed by atoms with Crippen molar-refractivity contribution in [3.63, 3.8) is 0 Å². The van der Waals surface area contributed by atoms with Crippen molar-refractivity contribution in [1.82, 2.24) is 14.8 Å². The summed E-state index contributed by atoms with van der Waals surface area (Å²) < 4.78 is 43.9. The van der Waals surface area contributed by atoms with E-state index in [1.54, 1.807) is 6.92 Å². The van der Waals surface area contributed by atoms with Gasteiger partial charge in [-0.1, -0.05) is 19.9 Å². The molecule has 0 saturated carbocycles. The summed E-state index contributed by atoms with van der Waals surface area (Å²) in [6.07, 6.45) is -1.88. The molecule has 132 valence electrons. The fourth-order valence-corrected chi connectivity index (χ4v) is 2.17. The van der Waals surface area contributed by atoms with Gasteiger partial charge in [-0.15, -0.1) is 0 Å². The normalized spacial score (nSPS) is 10.8. The first-order chi connectivity index (χ1) is 11.3. The first kappa shape index (κ1) is 20.1. The standard InChI is InChI=1S/C13H11BrF3N3O2.C2H6/c1-2-22-12(21)9-7-20(19-11(9)14)6-8-3-4-10(18-5-8)13(15,16)17;1-2/h3-5,7H,2,6H2,1H3;1-2H3. The fraction of sp³-hybridized carbons (Fsp3) is 0.400. The number of esters is 1. The largest absolute Gasteiger partial charge is 0.462 e. The Bertz CT molecular complexity index is 670. The zero-order valence-corrected chi connectivity index (χ0v) is 15.0. The number of hydrogen-bond donors (Lipinski definition) is 0. The van der Waals surface area contributed by atoms with Crippen LogP contribution in [0.3, 0.4) is 0 Å². The molecular formula is C15H17BrF3N3O2. The molecule has 0 spiro atoms. The van der Waals surface area contributed by atoms with Gasteiger partial charge < -0.3 is 4.74 Å². The molecule has 0 aliphatic heterocycles. The topological polar surface area (TPSA) is 57.0 Å². The number of nitrogens with zero attached hydrogens (tertiary/aromatic N) is 3. The van der Waals surface area contributed by atoms with E-state index in [0.29, 0.717) is 10.2 Å². The van der Waals surface area contributed by atoms with E-state index in [-0.39, 0.29) is 18.7 Å². The minimum absolute atomic E-state index is 0.184. The van der Waals surface area contributed by atoms with Crippen LogP contribution in [0.5, 0.6) is 0 Å². The highest BCUT2D eigenvalue weighted by Gasteiger charge is 2.32. The van der Waals surface area contributed by atoms with Crippen LogP contribution in [-0.2, 0) is 17.5 Å². The van der Waals surface area contributed by atoms with Crippen molar-refractivity contribution in [2.45, 2.75) is 33.5 Å². The van der Waals surface area contributed by atoms with Crippen LogP contribution in [0.25, 0.3) is 0 Å². The SMILES string of the molecule is CC.CCOC(=O)c1cn(Cc2ccc(C(F)(F)F)nc2)nc1Br. The van der Waals surface area contributed by atoms with Gasteiger partial charge in [0.15, 0.2) is 0 Å². The van der Waals surface area contributed by atoms with Crippen molar-refractivity contribution in [3.8, 4) is 0 Å². The van der Waals surface area contributed by atoms with Gasteiger partial charge in [0, 0.05) is 12.4 Å². The molecule has 0 atom stereocenters. The van der Waals surface area contributed by atoms with Crippen LogP contribution in [0.2, 0.25) is 0 Å². The van der Waals surface area contributed by atoms with Gasteiger partial charge in [-0.25, -0.2) is 4.79 Å². The van der Waals surface area contributed by atoms with E-state index in [9.17, 15) is 18.0 Å². The molecule has 0 amide bonds. The zero-order chi connectivity index (χ0) is 18.3. The fourth-order valence-electron chi connectivity index (χ4n) is 1.70. The van der Waals surface area contributed by atoms with Gasteiger partial charge in [-0.05, 0) is 34.5 Å². The third-order valence-electron chi connectivity index (χ3n) is 2.67. The van der Waals surface area contributed by atoms with E-state index in [1.807, 2.05) is 13.8 Å². The highest BCUT2D eigenvalue weighted by Crippen LogP contribution is 2.27. The Morgan fingerprint density at radius 3 is 2.50 bits per heavy atom. The van der Waals surface area contributed by atoms with Gasteiger partial charge in [0.25, 0.3) is 0 Å². The van der Waals surface area contributed by atoms with Crippen molar-refractivity contribution < 1.29 is 22.7 Å². The number of halogens is 4. The number of hydrogen-bond acceptors (Lipinski definition) is 4. The molecule has 0 aromatic carbocycles. The maximum Gasteiger partial charge on any atom is 0.433 e. The van der Waals surface area contributed by atoms with Crippen molar-refractivity contribution in [2.24, 2.45) is 0 Å². The molecule has 0 saturated heterocycles. The average Bonchev–Trinajstić information content (AvgIpc) is 2.90. The second-order valence-corrected chi connectivity index (χ2v) is 5.05. The van der Waals surface area contributed by atoms with E-state index >= 15 is 0 Å². The Labute approximate surface area is 146 Å². The minimum Gasteiger partial charge on any atom is -0.462 e. The van der Waals surface area contributed by atoms with Crippen molar-refractivity contribution in [2.75, 3.05) is 6.61 Å². The van der Waals surface area contributed by atoms with Crippen molar-refractivity contribution in [3.05, 3.63) is 46.0 Å². The summed E-state index contributed by atoms with van der Waals surface area (Å²) in [7, 11) is 0. The van der Waals surface area contributed by atoms with Crippen molar-refractivity contribution >= 4 is 21.9 Å². The lowest BCUT2D eigenvalue weighted by Gasteiger charge is -2.06. The monoisotopic (exact) mass is 407 g/mol. The molecule has 2 heterocycles. The van der Waals surface area contributed by atoms with Gasteiger partial charge in [-0.2, -0.15) is 18.3 Å². The number of carbonyl (C=O) groups excluding carboxylic acids is 1. The van der Waals surface area contributed by atoms with E-state index in [2.05, 4.69) is 26.0 Å². The van der Waals surface area contributed by atoms with Gasteiger partial charge >= 0.3 is 12.1 Å². The Hall–Kier alpha value is -1.90. The summed E-state index contributed by atoms with van der Waals surface area (Å²) in [6.45, 7) is 6.10. The van der Waals surface area contributed by atoms with E-state index in [4.69, 9.17) is 4.74 Å². The smallest absolute Gasteiger partial charge is 0.433 e.